The van der Waals surface area contributed by atoms with Crippen LogP contribution < -0.4 is 9.47 Å². The van der Waals surface area contributed by atoms with Gasteiger partial charge in [0.15, 0.2) is 0 Å². The van der Waals surface area contributed by atoms with Gasteiger partial charge in [-0.15, -0.1) is 0 Å². The number of unbranched alkanes of at least 4 members (excludes halogenated alkanes) is 3. The average Bonchev–Trinajstić information content (AvgIpc) is 2.89. The van der Waals surface area contributed by atoms with Crippen molar-refractivity contribution in [3.05, 3.63) is 56.7 Å². The van der Waals surface area contributed by atoms with Crippen LogP contribution in [0.5, 0.6) is 11.5 Å². The van der Waals surface area contributed by atoms with Crippen molar-refractivity contribution < 1.29 is 38.6 Å². The second-order valence-corrected chi connectivity index (χ2v) is 10.8. The number of carbonyl (C=O) groups excluding carboxylic acids is 2. The molecule has 8 nitrogen and oxygen atoms in total. The van der Waals surface area contributed by atoms with Crippen molar-refractivity contribution in [3.63, 3.8) is 0 Å². The second kappa shape index (κ2) is 22.3. The maximum Gasteiger partial charge on any atom is 0.448 e. The molecule has 0 aliphatic carbocycles. The number of ether oxygens (including phenoxy) is 4. The Bertz CT molecular complexity index is 1010. The zero-order valence-corrected chi connectivity index (χ0v) is 27.1. The molecule has 0 aliphatic heterocycles. The predicted octanol–water partition coefficient (Wildman–Crippen LogP) is 6.09. The Hall–Kier alpha value is -2.31. The monoisotopic (exact) mass is 684 g/mol. The van der Waals surface area contributed by atoms with E-state index in [-0.39, 0.29) is 11.9 Å². The van der Waals surface area contributed by atoms with E-state index in [0.717, 1.165) is 55.8 Å². The van der Waals surface area contributed by atoms with Crippen molar-refractivity contribution in [2.45, 2.75) is 85.4 Å². The summed E-state index contributed by atoms with van der Waals surface area (Å²) in [5.74, 6) is 1.32. The van der Waals surface area contributed by atoms with Crippen LogP contribution in [0.25, 0.3) is 0 Å². The SMILES string of the molecule is CB(O)O.CCOC(=O)CCCOc1cccc(CCCCCCOc2cc(C)cc(I)c2)c1CCC(=O)OCC. The molecular weight excluding hydrogens is 638 g/mol. The van der Waals surface area contributed by atoms with E-state index < -0.39 is 7.12 Å². The van der Waals surface area contributed by atoms with E-state index in [1.54, 1.807) is 6.92 Å². The number of esters is 2. The van der Waals surface area contributed by atoms with Crippen LogP contribution >= 0.6 is 22.6 Å². The van der Waals surface area contributed by atoms with Gasteiger partial charge in [0.2, 0.25) is 0 Å². The normalized spacial score (nSPS) is 10.3. The fourth-order valence-electron chi connectivity index (χ4n) is 4.10. The summed E-state index contributed by atoms with van der Waals surface area (Å²) >= 11 is 2.32. The zero-order chi connectivity index (χ0) is 30.5. The van der Waals surface area contributed by atoms with Gasteiger partial charge < -0.3 is 29.0 Å². The number of rotatable bonds is 18. The van der Waals surface area contributed by atoms with E-state index in [0.29, 0.717) is 45.5 Å². The fourth-order valence-corrected chi connectivity index (χ4v) is 4.90. The Morgan fingerprint density at radius 2 is 1.46 bits per heavy atom. The maximum atomic E-state index is 12.0. The third-order valence-electron chi connectivity index (χ3n) is 5.83. The molecule has 0 aromatic heterocycles. The van der Waals surface area contributed by atoms with Crippen molar-refractivity contribution in [1.29, 1.82) is 0 Å². The highest BCUT2D eigenvalue weighted by Gasteiger charge is 2.13. The first-order valence-corrected chi connectivity index (χ1v) is 15.5. The third-order valence-corrected chi connectivity index (χ3v) is 6.45. The van der Waals surface area contributed by atoms with E-state index in [4.69, 9.17) is 29.0 Å². The molecule has 0 saturated carbocycles. The molecule has 0 amide bonds. The van der Waals surface area contributed by atoms with Gasteiger partial charge in [-0.3, -0.25) is 9.59 Å². The van der Waals surface area contributed by atoms with Gasteiger partial charge in [0.05, 0.1) is 26.4 Å². The molecule has 2 rings (SSSR count). The van der Waals surface area contributed by atoms with Crippen LogP contribution in [0.4, 0.5) is 0 Å². The fraction of sp³-hybridized carbons (Fsp3) is 0.548. The highest BCUT2D eigenvalue weighted by Crippen LogP contribution is 2.26. The minimum absolute atomic E-state index is 0.200. The van der Waals surface area contributed by atoms with E-state index in [2.05, 4.69) is 53.8 Å². The molecule has 2 aromatic carbocycles. The third kappa shape index (κ3) is 18.0. The molecule has 0 saturated heterocycles. The van der Waals surface area contributed by atoms with Gasteiger partial charge >= 0.3 is 19.1 Å². The van der Waals surface area contributed by atoms with Gasteiger partial charge in [-0.2, -0.15) is 0 Å². The molecule has 10 heteroatoms. The molecular formula is C31H46BIO8. The van der Waals surface area contributed by atoms with Crippen LogP contribution in [0, 0.1) is 10.5 Å². The predicted molar refractivity (Wildman–Crippen MR) is 170 cm³/mol. The van der Waals surface area contributed by atoms with Crippen LogP contribution in [-0.2, 0) is 31.9 Å². The van der Waals surface area contributed by atoms with Gasteiger partial charge in [-0.1, -0.05) is 25.0 Å². The van der Waals surface area contributed by atoms with E-state index in [9.17, 15) is 9.59 Å². The van der Waals surface area contributed by atoms with Crippen molar-refractivity contribution in [3.8, 4) is 11.5 Å². The second-order valence-electron chi connectivity index (χ2n) is 9.56. The highest BCUT2D eigenvalue weighted by atomic mass is 127. The summed E-state index contributed by atoms with van der Waals surface area (Å²) in [6, 6.07) is 12.3. The van der Waals surface area contributed by atoms with Crippen LogP contribution in [-0.4, -0.2) is 55.5 Å². The van der Waals surface area contributed by atoms with Crippen LogP contribution in [0.15, 0.2) is 36.4 Å². The summed E-state index contributed by atoms with van der Waals surface area (Å²) in [6.45, 7) is 8.89. The van der Waals surface area contributed by atoms with Crippen LogP contribution in [0.1, 0.15) is 75.5 Å². The highest BCUT2D eigenvalue weighted by molar-refractivity contribution is 14.1. The summed E-state index contributed by atoms with van der Waals surface area (Å²) in [5, 5.41) is 15.2. The molecule has 0 radical (unpaired) electrons. The molecule has 0 atom stereocenters. The molecule has 0 bridgehead atoms. The number of carbonyl (C=O) groups is 2. The minimum Gasteiger partial charge on any atom is -0.494 e. The van der Waals surface area contributed by atoms with E-state index >= 15 is 0 Å². The molecule has 2 N–H and O–H groups in total. The summed E-state index contributed by atoms with van der Waals surface area (Å²) < 4.78 is 23.3. The molecule has 0 aliphatic rings. The zero-order valence-electron chi connectivity index (χ0n) is 25.0. The van der Waals surface area contributed by atoms with Gasteiger partial charge in [0.25, 0.3) is 0 Å². The van der Waals surface area contributed by atoms with Gasteiger partial charge in [-0.05, 0) is 123 Å². The average molecular weight is 684 g/mol. The summed E-state index contributed by atoms with van der Waals surface area (Å²) in [6.07, 6.45) is 7.02. The van der Waals surface area contributed by atoms with Gasteiger partial charge in [0.1, 0.15) is 11.5 Å². The first kappa shape index (κ1) is 36.7. The Labute approximate surface area is 259 Å². The van der Waals surface area contributed by atoms with Crippen molar-refractivity contribution in [1.82, 2.24) is 0 Å². The topological polar surface area (TPSA) is 112 Å². The number of aryl methyl sites for hydroxylation is 2. The van der Waals surface area contributed by atoms with Gasteiger partial charge in [-0.25, -0.2) is 0 Å². The number of benzene rings is 2. The standard InChI is InChI=1S/C30H41IO6.CH5BO2/c1-4-34-29(32)15-11-19-37-28-14-10-13-24(27(28)16-17-30(33)35-5-2)12-8-6-7-9-18-36-26-21-23(3)20-25(31)22-26;1-2(3)4/h10,13-14,20-22H,4-9,11-12,15-19H2,1-3H3;3-4H,1H3. The van der Waals surface area contributed by atoms with Crippen LogP contribution in [0.2, 0.25) is 6.82 Å². The van der Waals surface area contributed by atoms with Crippen molar-refractivity contribution in [2.75, 3.05) is 26.4 Å². The summed E-state index contributed by atoms with van der Waals surface area (Å²) in [5.41, 5.74) is 3.48. The number of hydrogen-bond acceptors (Lipinski definition) is 8. The lowest BCUT2D eigenvalue weighted by molar-refractivity contribution is -0.144. The summed E-state index contributed by atoms with van der Waals surface area (Å²) in [7, 11) is -1.17. The lowest BCUT2D eigenvalue weighted by Crippen LogP contribution is -2.10. The van der Waals surface area contributed by atoms with Crippen molar-refractivity contribution >= 4 is 41.6 Å². The Morgan fingerprint density at radius 1 is 0.829 bits per heavy atom. The Morgan fingerprint density at radius 3 is 2.12 bits per heavy atom. The first-order valence-electron chi connectivity index (χ1n) is 14.5. The largest absolute Gasteiger partial charge is 0.494 e. The quantitative estimate of drug-likeness (QED) is 0.0841. The minimum atomic E-state index is -1.17. The molecule has 0 fully saturated rings. The summed E-state index contributed by atoms with van der Waals surface area (Å²) in [4.78, 5) is 23.6. The first-order chi connectivity index (χ1) is 19.7. The maximum absolute atomic E-state index is 12.0. The number of hydrogen-bond donors (Lipinski definition) is 2. The van der Waals surface area contributed by atoms with E-state index in [1.807, 2.05) is 19.1 Å². The Kier molecular flexibility index (Phi) is 20.0. The molecule has 228 valence electrons. The molecule has 41 heavy (non-hydrogen) atoms. The van der Waals surface area contributed by atoms with Crippen molar-refractivity contribution in [2.24, 2.45) is 0 Å². The molecule has 2 aromatic rings. The van der Waals surface area contributed by atoms with Crippen LogP contribution in [0.3, 0.4) is 0 Å². The molecule has 0 spiro atoms. The molecule has 0 heterocycles. The number of halogens is 1. The Balaban J connectivity index is 0.00000196. The molecule has 0 unspecified atom stereocenters. The smallest absolute Gasteiger partial charge is 0.448 e. The van der Waals surface area contributed by atoms with E-state index in [1.165, 1.54) is 21.5 Å². The lowest BCUT2D eigenvalue weighted by Gasteiger charge is -2.16. The lowest BCUT2D eigenvalue weighted by atomic mass is 9.96. The van der Waals surface area contributed by atoms with Gasteiger partial charge in [0, 0.05) is 16.4 Å².